The summed E-state index contributed by atoms with van der Waals surface area (Å²) in [5, 5.41) is 18.6. The Morgan fingerprint density at radius 3 is 2.13 bits per heavy atom. The SMILES string of the molecule is Cn1cc(C[C@@H](NC(=O)[C@H](CCCCNC(=O)OC(C)(C)C)NC(=O)OC(C)(C)C)C(=O)O)c2ccccc21. The minimum Gasteiger partial charge on any atom is -0.480 e. The van der Waals surface area contributed by atoms with Crippen molar-refractivity contribution in [2.75, 3.05) is 6.54 Å². The molecule has 0 spiro atoms. The van der Waals surface area contributed by atoms with Gasteiger partial charge >= 0.3 is 18.2 Å². The molecule has 0 unspecified atom stereocenters. The zero-order valence-electron chi connectivity index (χ0n) is 23.9. The molecule has 0 saturated heterocycles. The number of carbonyl (C=O) groups is 4. The third-order valence-electron chi connectivity index (χ3n) is 5.61. The van der Waals surface area contributed by atoms with Crippen LogP contribution < -0.4 is 16.0 Å². The third kappa shape index (κ3) is 10.9. The highest BCUT2D eigenvalue weighted by molar-refractivity contribution is 5.90. The minimum absolute atomic E-state index is 0.0708. The number of carboxylic acids is 1. The first-order valence-corrected chi connectivity index (χ1v) is 13.1. The van der Waals surface area contributed by atoms with Crippen LogP contribution in [0.1, 0.15) is 66.4 Å². The Kier molecular flexibility index (Phi) is 10.8. The maximum absolute atomic E-state index is 13.2. The number of rotatable bonds is 11. The number of alkyl carbamates (subject to hydrolysis) is 2. The van der Waals surface area contributed by atoms with Crippen LogP contribution in [0.2, 0.25) is 0 Å². The Morgan fingerprint density at radius 2 is 1.51 bits per heavy atom. The van der Waals surface area contributed by atoms with Gasteiger partial charge in [0.05, 0.1) is 0 Å². The summed E-state index contributed by atoms with van der Waals surface area (Å²) in [5.41, 5.74) is 0.343. The Balaban J connectivity index is 2.06. The van der Waals surface area contributed by atoms with Gasteiger partial charge in [-0.05, 0) is 72.4 Å². The predicted octanol–water partition coefficient (Wildman–Crippen LogP) is 3.88. The van der Waals surface area contributed by atoms with Gasteiger partial charge in [0.2, 0.25) is 5.91 Å². The number of benzene rings is 1. The highest BCUT2D eigenvalue weighted by Gasteiger charge is 2.29. The zero-order chi connectivity index (χ0) is 29.4. The van der Waals surface area contributed by atoms with E-state index in [0.29, 0.717) is 19.4 Å². The molecule has 1 aromatic heterocycles. The van der Waals surface area contributed by atoms with E-state index in [1.807, 2.05) is 42.1 Å². The lowest BCUT2D eigenvalue weighted by Gasteiger charge is -2.24. The van der Waals surface area contributed by atoms with Crippen molar-refractivity contribution in [3.8, 4) is 0 Å². The number of fused-ring (bicyclic) bond motifs is 1. The fourth-order valence-electron chi connectivity index (χ4n) is 3.98. The summed E-state index contributed by atoms with van der Waals surface area (Å²) in [6.07, 6.45) is 1.78. The molecule has 1 heterocycles. The molecule has 1 aromatic carbocycles. The van der Waals surface area contributed by atoms with Crippen LogP contribution in [0.4, 0.5) is 9.59 Å². The van der Waals surface area contributed by atoms with Crippen molar-refractivity contribution in [2.45, 2.75) is 90.5 Å². The molecule has 0 bridgehead atoms. The number of unbranched alkanes of at least 4 members (excludes halogenated alkanes) is 1. The smallest absolute Gasteiger partial charge is 0.408 e. The molecule has 0 saturated carbocycles. The Hall–Kier alpha value is -3.76. The number of aryl methyl sites for hydroxylation is 1. The maximum Gasteiger partial charge on any atom is 0.408 e. The lowest BCUT2D eigenvalue weighted by atomic mass is 10.0. The Bertz CT molecular complexity index is 1160. The molecule has 216 valence electrons. The molecule has 11 heteroatoms. The van der Waals surface area contributed by atoms with E-state index in [-0.39, 0.29) is 12.8 Å². The average Bonchev–Trinajstić information content (AvgIpc) is 3.10. The molecule has 0 radical (unpaired) electrons. The molecule has 2 atom stereocenters. The van der Waals surface area contributed by atoms with E-state index in [1.165, 1.54) is 0 Å². The van der Waals surface area contributed by atoms with Crippen molar-refractivity contribution in [3.63, 3.8) is 0 Å². The van der Waals surface area contributed by atoms with Crippen molar-refractivity contribution in [1.82, 2.24) is 20.5 Å². The first-order valence-electron chi connectivity index (χ1n) is 13.1. The highest BCUT2D eigenvalue weighted by atomic mass is 16.6. The van der Waals surface area contributed by atoms with Gasteiger partial charge in [0, 0.05) is 37.1 Å². The number of hydrogen-bond donors (Lipinski definition) is 4. The summed E-state index contributed by atoms with van der Waals surface area (Å²) in [7, 11) is 1.87. The lowest BCUT2D eigenvalue weighted by Crippen LogP contribution is -2.52. The van der Waals surface area contributed by atoms with Crippen LogP contribution >= 0.6 is 0 Å². The fraction of sp³-hybridized carbons (Fsp3) is 0.571. The van der Waals surface area contributed by atoms with E-state index < -0.39 is 47.3 Å². The van der Waals surface area contributed by atoms with Gasteiger partial charge in [-0.15, -0.1) is 0 Å². The number of aromatic nitrogens is 1. The maximum atomic E-state index is 13.2. The molecule has 2 aromatic rings. The van der Waals surface area contributed by atoms with Gasteiger partial charge < -0.3 is 35.1 Å². The van der Waals surface area contributed by atoms with Crippen LogP contribution in [0.15, 0.2) is 30.5 Å². The van der Waals surface area contributed by atoms with Gasteiger partial charge in [-0.25, -0.2) is 14.4 Å². The van der Waals surface area contributed by atoms with Gasteiger partial charge in [0.25, 0.3) is 0 Å². The van der Waals surface area contributed by atoms with E-state index in [9.17, 15) is 24.3 Å². The third-order valence-corrected chi connectivity index (χ3v) is 5.61. The summed E-state index contributed by atoms with van der Waals surface area (Å²) in [6, 6.07) is 5.38. The molecule has 0 aliphatic carbocycles. The van der Waals surface area contributed by atoms with Crippen LogP contribution in [0.5, 0.6) is 0 Å². The van der Waals surface area contributed by atoms with Crippen LogP contribution in [0, 0.1) is 0 Å². The molecule has 0 aliphatic heterocycles. The topological polar surface area (TPSA) is 148 Å². The number of amides is 3. The van der Waals surface area contributed by atoms with Gasteiger partial charge in [0.1, 0.15) is 23.3 Å². The summed E-state index contributed by atoms with van der Waals surface area (Å²) in [4.78, 5) is 49.6. The van der Waals surface area contributed by atoms with Crippen LogP contribution in [-0.4, -0.2) is 63.6 Å². The molecule has 4 N–H and O–H groups in total. The summed E-state index contributed by atoms with van der Waals surface area (Å²) < 4.78 is 12.4. The number of nitrogens with zero attached hydrogens (tertiary/aromatic N) is 1. The second-order valence-electron chi connectivity index (χ2n) is 11.5. The predicted molar refractivity (Wildman–Crippen MR) is 147 cm³/mol. The number of hydrogen-bond acceptors (Lipinski definition) is 6. The molecule has 0 fully saturated rings. The van der Waals surface area contributed by atoms with E-state index in [2.05, 4.69) is 16.0 Å². The molecule has 0 aliphatic rings. The summed E-state index contributed by atoms with van der Waals surface area (Å²) in [5.74, 6) is -1.82. The molecular weight excluding hydrogens is 504 g/mol. The van der Waals surface area contributed by atoms with Crippen molar-refractivity contribution in [2.24, 2.45) is 7.05 Å². The molecule has 3 amide bonds. The number of carbonyl (C=O) groups excluding carboxylic acids is 3. The Labute approximate surface area is 229 Å². The largest absolute Gasteiger partial charge is 0.480 e. The summed E-state index contributed by atoms with van der Waals surface area (Å²) in [6.45, 7) is 10.7. The van der Waals surface area contributed by atoms with Crippen molar-refractivity contribution >= 4 is 35.0 Å². The molecule has 2 rings (SSSR count). The van der Waals surface area contributed by atoms with Crippen molar-refractivity contribution in [1.29, 1.82) is 0 Å². The Morgan fingerprint density at radius 1 is 0.897 bits per heavy atom. The van der Waals surface area contributed by atoms with E-state index in [0.717, 1.165) is 16.5 Å². The van der Waals surface area contributed by atoms with E-state index in [4.69, 9.17) is 9.47 Å². The van der Waals surface area contributed by atoms with E-state index >= 15 is 0 Å². The standard InChI is InChI=1S/C28H42N4O7/c1-27(2,3)38-25(36)29-15-11-10-13-20(31-26(37)39-28(4,5)6)23(33)30-21(24(34)35)16-18-17-32(7)22-14-9-8-12-19(18)22/h8-9,12,14,17,20-21H,10-11,13,15-16H2,1-7H3,(H,29,36)(H,30,33)(H,31,37)(H,34,35)/t20-,21+/m0/s1. The normalized spacial score (nSPS) is 13.3. The zero-order valence-corrected chi connectivity index (χ0v) is 23.9. The first-order chi connectivity index (χ1) is 18.1. The second-order valence-corrected chi connectivity index (χ2v) is 11.5. The minimum atomic E-state index is -1.21. The van der Waals surface area contributed by atoms with Crippen LogP contribution in [0.25, 0.3) is 10.9 Å². The van der Waals surface area contributed by atoms with Crippen molar-refractivity contribution in [3.05, 3.63) is 36.0 Å². The van der Waals surface area contributed by atoms with Crippen LogP contribution in [-0.2, 0) is 32.5 Å². The van der Waals surface area contributed by atoms with Gasteiger partial charge in [-0.2, -0.15) is 0 Å². The number of carboxylic acid groups (broad SMARTS) is 1. The van der Waals surface area contributed by atoms with Gasteiger partial charge in [-0.3, -0.25) is 4.79 Å². The average molecular weight is 547 g/mol. The highest BCUT2D eigenvalue weighted by Crippen LogP contribution is 2.22. The van der Waals surface area contributed by atoms with Gasteiger partial charge in [0.15, 0.2) is 0 Å². The van der Waals surface area contributed by atoms with Gasteiger partial charge in [-0.1, -0.05) is 18.2 Å². The number of aliphatic carboxylic acids is 1. The molecular formula is C28H42N4O7. The first kappa shape index (κ1) is 31.5. The monoisotopic (exact) mass is 546 g/mol. The lowest BCUT2D eigenvalue weighted by molar-refractivity contribution is -0.142. The van der Waals surface area contributed by atoms with Crippen LogP contribution in [0.3, 0.4) is 0 Å². The number of nitrogens with one attached hydrogen (secondary N) is 3. The second kappa shape index (κ2) is 13.3. The number of ether oxygens (including phenoxy) is 2. The summed E-state index contributed by atoms with van der Waals surface area (Å²) >= 11 is 0. The number of para-hydroxylation sites is 1. The molecule has 39 heavy (non-hydrogen) atoms. The quantitative estimate of drug-likeness (QED) is 0.313. The van der Waals surface area contributed by atoms with Crippen molar-refractivity contribution < 1.29 is 33.8 Å². The fourth-order valence-corrected chi connectivity index (χ4v) is 3.98. The molecule has 11 nitrogen and oxygen atoms in total. The van der Waals surface area contributed by atoms with E-state index in [1.54, 1.807) is 41.5 Å².